The SMILES string of the molecule is CCn1cc(/C=C2/Oc3cc(OS(C)(=O)=O)ccc3C2=O)c2ccccc21. The van der Waals surface area contributed by atoms with E-state index in [0.717, 1.165) is 29.3 Å². The van der Waals surface area contributed by atoms with Crippen LogP contribution in [-0.4, -0.2) is 25.0 Å². The van der Waals surface area contributed by atoms with Gasteiger partial charge in [0.15, 0.2) is 5.76 Å². The first-order valence-electron chi connectivity index (χ1n) is 8.41. The van der Waals surface area contributed by atoms with Gasteiger partial charge in [0.2, 0.25) is 5.78 Å². The lowest BCUT2D eigenvalue weighted by Gasteiger charge is -2.03. The summed E-state index contributed by atoms with van der Waals surface area (Å²) in [5.41, 5.74) is 2.34. The lowest BCUT2D eigenvalue weighted by atomic mass is 10.1. The van der Waals surface area contributed by atoms with Gasteiger partial charge in [0, 0.05) is 35.3 Å². The normalized spacial score (nSPS) is 15.2. The molecule has 0 saturated carbocycles. The number of rotatable bonds is 4. The highest BCUT2D eigenvalue weighted by Gasteiger charge is 2.28. The summed E-state index contributed by atoms with van der Waals surface area (Å²) >= 11 is 0. The molecule has 0 radical (unpaired) electrons. The number of hydrogen-bond acceptors (Lipinski definition) is 5. The number of aromatic nitrogens is 1. The maximum Gasteiger partial charge on any atom is 0.306 e. The van der Waals surface area contributed by atoms with Gasteiger partial charge in [0.25, 0.3) is 0 Å². The predicted octanol–water partition coefficient (Wildman–Crippen LogP) is 3.62. The van der Waals surface area contributed by atoms with Crippen LogP contribution in [0.5, 0.6) is 11.5 Å². The maximum absolute atomic E-state index is 12.7. The smallest absolute Gasteiger partial charge is 0.306 e. The Hall–Kier alpha value is -3.06. The zero-order chi connectivity index (χ0) is 19.2. The van der Waals surface area contributed by atoms with Crippen LogP contribution in [0.15, 0.2) is 54.4 Å². The molecule has 0 atom stereocenters. The van der Waals surface area contributed by atoms with Crippen LogP contribution in [0.2, 0.25) is 0 Å². The molecule has 2 aromatic carbocycles. The highest BCUT2D eigenvalue weighted by molar-refractivity contribution is 7.86. The molecule has 0 saturated heterocycles. The van der Waals surface area contributed by atoms with E-state index in [1.165, 1.54) is 18.2 Å². The molecule has 0 amide bonds. The summed E-state index contributed by atoms with van der Waals surface area (Å²) in [6.45, 7) is 2.87. The zero-order valence-corrected chi connectivity index (χ0v) is 15.6. The van der Waals surface area contributed by atoms with Gasteiger partial charge >= 0.3 is 10.1 Å². The number of ether oxygens (including phenoxy) is 1. The van der Waals surface area contributed by atoms with Gasteiger partial charge < -0.3 is 13.5 Å². The second kappa shape index (κ2) is 6.28. The average molecular weight is 383 g/mol. The van der Waals surface area contributed by atoms with E-state index >= 15 is 0 Å². The van der Waals surface area contributed by atoms with Crippen molar-refractivity contribution in [3.63, 3.8) is 0 Å². The van der Waals surface area contributed by atoms with E-state index in [1.807, 2.05) is 30.5 Å². The second-order valence-corrected chi connectivity index (χ2v) is 7.85. The van der Waals surface area contributed by atoms with Gasteiger partial charge in [-0.1, -0.05) is 18.2 Å². The van der Waals surface area contributed by atoms with Gasteiger partial charge in [-0.05, 0) is 31.2 Å². The van der Waals surface area contributed by atoms with E-state index in [1.54, 1.807) is 6.08 Å². The Morgan fingerprint density at radius 1 is 1.19 bits per heavy atom. The third-order valence-corrected chi connectivity index (χ3v) is 4.83. The van der Waals surface area contributed by atoms with Crippen molar-refractivity contribution in [1.29, 1.82) is 0 Å². The van der Waals surface area contributed by atoms with Crippen molar-refractivity contribution < 1.29 is 22.1 Å². The number of benzene rings is 2. The lowest BCUT2D eigenvalue weighted by Crippen LogP contribution is -2.05. The molecule has 4 rings (SSSR count). The molecule has 7 heteroatoms. The van der Waals surface area contributed by atoms with Crippen LogP contribution in [0.4, 0.5) is 0 Å². The Balaban J connectivity index is 1.73. The Kier molecular flexibility index (Phi) is 4.04. The van der Waals surface area contributed by atoms with Crippen molar-refractivity contribution in [3.8, 4) is 11.5 Å². The number of ketones is 1. The van der Waals surface area contributed by atoms with Gasteiger partial charge in [-0.2, -0.15) is 8.42 Å². The quantitative estimate of drug-likeness (QED) is 0.508. The summed E-state index contributed by atoms with van der Waals surface area (Å²) in [5, 5.41) is 1.03. The van der Waals surface area contributed by atoms with E-state index < -0.39 is 10.1 Å². The minimum Gasteiger partial charge on any atom is -0.452 e. The van der Waals surface area contributed by atoms with E-state index in [9.17, 15) is 13.2 Å². The molecular weight excluding hydrogens is 366 g/mol. The number of para-hydroxylation sites is 1. The molecule has 3 aromatic rings. The van der Waals surface area contributed by atoms with Gasteiger partial charge in [0.1, 0.15) is 11.5 Å². The standard InChI is InChI=1S/C20H17NO5S/c1-3-21-12-13(15-6-4-5-7-17(15)21)10-19-20(22)16-9-8-14(11-18(16)25-19)26-27(2,23)24/h4-12H,3H2,1-2H3/b19-10+. The highest BCUT2D eigenvalue weighted by atomic mass is 32.2. The van der Waals surface area contributed by atoms with Crippen LogP contribution < -0.4 is 8.92 Å². The summed E-state index contributed by atoms with van der Waals surface area (Å²) in [7, 11) is -3.65. The maximum atomic E-state index is 12.7. The molecule has 0 aliphatic carbocycles. The monoisotopic (exact) mass is 383 g/mol. The van der Waals surface area contributed by atoms with E-state index in [0.29, 0.717) is 5.56 Å². The minimum absolute atomic E-state index is 0.105. The molecule has 1 aromatic heterocycles. The fraction of sp³-hybridized carbons (Fsp3) is 0.150. The first kappa shape index (κ1) is 17.4. The van der Waals surface area contributed by atoms with Crippen molar-refractivity contribution in [2.75, 3.05) is 6.26 Å². The van der Waals surface area contributed by atoms with Crippen LogP contribution in [0.25, 0.3) is 17.0 Å². The van der Waals surface area contributed by atoms with Gasteiger partial charge in [-0.25, -0.2) is 0 Å². The van der Waals surface area contributed by atoms with Crippen molar-refractivity contribution in [2.24, 2.45) is 0 Å². The van der Waals surface area contributed by atoms with E-state index in [4.69, 9.17) is 8.92 Å². The first-order valence-corrected chi connectivity index (χ1v) is 10.2. The van der Waals surface area contributed by atoms with E-state index in [-0.39, 0.29) is 23.0 Å². The number of carbonyl (C=O) groups is 1. The summed E-state index contributed by atoms with van der Waals surface area (Å²) in [6, 6.07) is 12.3. The molecule has 0 unspecified atom stereocenters. The number of allylic oxidation sites excluding steroid dienone is 1. The van der Waals surface area contributed by atoms with Crippen LogP contribution in [0, 0.1) is 0 Å². The number of aryl methyl sites for hydroxylation is 1. The number of Topliss-reactive ketones (excluding diaryl/α,β-unsaturated/α-hetero) is 1. The van der Waals surface area contributed by atoms with Crippen LogP contribution in [0.1, 0.15) is 22.8 Å². The van der Waals surface area contributed by atoms with Crippen molar-refractivity contribution in [1.82, 2.24) is 4.57 Å². The average Bonchev–Trinajstić information content (AvgIpc) is 3.12. The molecule has 1 aliphatic rings. The molecule has 6 nitrogen and oxygen atoms in total. The Labute approximate surface area is 156 Å². The van der Waals surface area contributed by atoms with Crippen molar-refractivity contribution in [3.05, 3.63) is 65.5 Å². The number of nitrogens with zero attached hydrogens (tertiary/aromatic N) is 1. The summed E-state index contributed by atoms with van der Waals surface area (Å²) in [6.07, 6.45) is 4.66. The largest absolute Gasteiger partial charge is 0.452 e. The van der Waals surface area contributed by atoms with Crippen LogP contribution >= 0.6 is 0 Å². The molecule has 138 valence electrons. The Bertz CT molecular complexity index is 1200. The van der Waals surface area contributed by atoms with Crippen molar-refractivity contribution >= 4 is 32.9 Å². The Morgan fingerprint density at radius 2 is 1.96 bits per heavy atom. The van der Waals surface area contributed by atoms with E-state index in [2.05, 4.69) is 11.5 Å². The lowest BCUT2D eigenvalue weighted by molar-refractivity contribution is 0.101. The van der Waals surface area contributed by atoms with Gasteiger partial charge in [-0.15, -0.1) is 0 Å². The second-order valence-electron chi connectivity index (χ2n) is 6.27. The molecule has 0 N–H and O–H groups in total. The topological polar surface area (TPSA) is 74.6 Å². The van der Waals surface area contributed by atoms with Gasteiger partial charge in [-0.3, -0.25) is 4.79 Å². The molecule has 2 heterocycles. The fourth-order valence-electron chi connectivity index (χ4n) is 3.19. The predicted molar refractivity (Wildman–Crippen MR) is 102 cm³/mol. The molecule has 0 bridgehead atoms. The highest BCUT2D eigenvalue weighted by Crippen LogP contribution is 2.36. The minimum atomic E-state index is -3.65. The zero-order valence-electron chi connectivity index (χ0n) is 14.8. The Morgan fingerprint density at radius 3 is 2.70 bits per heavy atom. The first-order chi connectivity index (χ1) is 12.9. The van der Waals surface area contributed by atoms with Gasteiger partial charge in [0.05, 0.1) is 11.8 Å². The molecule has 27 heavy (non-hydrogen) atoms. The number of carbonyl (C=O) groups excluding carboxylic acids is 1. The fourth-order valence-corrected chi connectivity index (χ4v) is 3.64. The van der Waals surface area contributed by atoms with Crippen LogP contribution in [-0.2, 0) is 16.7 Å². The summed E-state index contributed by atoms with van der Waals surface area (Å²) < 4.78 is 35.2. The molecular formula is C20H17NO5S. The van der Waals surface area contributed by atoms with Crippen LogP contribution in [0.3, 0.4) is 0 Å². The van der Waals surface area contributed by atoms with Crippen molar-refractivity contribution in [2.45, 2.75) is 13.5 Å². The summed E-state index contributed by atoms with van der Waals surface area (Å²) in [4.78, 5) is 12.7. The summed E-state index contributed by atoms with van der Waals surface area (Å²) in [5.74, 6) is 0.337. The number of hydrogen-bond donors (Lipinski definition) is 0. The molecule has 0 fully saturated rings. The number of fused-ring (bicyclic) bond motifs is 2. The molecule has 1 aliphatic heterocycles. The third kappa shape index (κ3) is 3.21. The third-order valence-electron chi connectivity index (χ3n) is 4.34. The molecule has 0 spiro atoms.